The Balaban J connectivity index is 0.00000196. The van der Waals surface area contributed by atoms with Crippen molar-refractivity contribution in [2.45, 2.75) is 38.6 Å². The average Bonchev–Trinajstić information content (AvgIpc) is 2.39. The van der Waals surface area contributed by atoms with Gasteiger partial charge in [0.15, 0.2) is 0 Å². The lowest BCUT2D eigenvalue weighted by Gasteiger charge is -2.17. The van der Waals surface area contributed by atoms with Crippen molar-refractivity contribution >= 4 is 18.5 Å². The highest BCUT2D eigenvalue weighted by Gasteiger charge is 2.29. The SMILES string of the molecule is CC1(C)C[C@H](CCCOC(N)=O)CN1.Cl. The number of carbonyl (C=O) groups excluding carboxylic acids is 1. The minimum Gasteiger partial charge on any atom is -0.450 e. The van der Waals surface area contributed by atoms with Crippen LogP contribution in [0.4, 0.5) is 4.79 Å². The molecule has 0 aliphatic carbocycles. The fourth-order valence-electron chi connectivity index (χ4n) is 2.04. The number of ether oxygens (including phenoxy) is 1. The molecule has 4 nitrogen and oxygen atoms in total. The van der Waals surface area contributed by atoms with Gasteiger partial charge in [0.25, 0.3) is 0 Å². The Morgan fingerprint density at radius 3 is 2.73 bits per heavy atom. The van der Waals surface area contributed by atoms with Gasteiger partial charge in [-0.3, -0.25) is 0 Å². The molecule has 0 bridgehead atoms. The van der Waals surface area contributed by atoms with E-state index in [-0.39, 0.29) is 17.9 Å². The summed E-state index contributed by atoms with van der Waals surface area (Å²) in [5.41, 5.74) is 5.13. The Morgan fingerprint density at radius 2 is 2.27 bits per heavy atom. The Morgan fingerprint density at radius 1 is 1.60 bits per heavy atom. The molecule has 1 fully saturated rings. The van der Waals surface area contributed by atoms with Crippen LogP contribution < -0.4 is 11.1 Å². The van der Waals surface area contributed by atoms with Gasteiger partial charge in [0.1, 0.15) is 0 Å². The molecule has 0 saturated carbocycles. The molecule has 3 N–H and O–H groups in total. The van der Waals surface area contributed by atoms with Gasteiger partial charge >= 0.3 is 6.09 Å². The first-order valence-electron chi connectivity index (χ1n) is 5.17. The van der Waals surface area contributed by atoms with Crippen LogP contribution in [-0.2, 0) is 4.74 Å². The average molecular weight is 237 g/mol. The van der Waals surface area contributed by atoms with Crippen molar-refractivity contribution in [2.75, 3.05) is 13.2 Å². The minimum atomic E-state index is -0.671. The molecule has 1 saturated heterocycles. The van der Waals surface area contributed by atoms with Crippen LogP contribution in [0.5, 0.6) is 0 Å². The molecule has 15 heavy (non-hydrogen) atoms. The number of nitrogens with one attached hydrogen (secondary N) is 1. The number of primary amides is 1. The van der Waals surface area contributed by atoms with Crippen molar-refractivity contribution in [2.24, 2.45) is 11.7 Å². The Labute approximate surface area is 97.3 Å². The van der Waals surface area contributed by atoms with E-state index >= 15 is 0 Å². The number of nitrogens with two attached hydrogens (primary N) is 1. The fraction of sp³-hybridized carbons (Fsp3) is 0.900. The first kappa shape index (κ1) is 14.5. The van der Waals surface area contributed by atoms with Crippen molar-refractivity contribution in [1.82, 2.24) is 5.32 Å². The molecule has 0 aromatic carbocycles. The molecule has 1 atom stereocenters. The third kappa shape index (κ3) is 5.85. The molecule has 1 aliphatic rings. The van der Waals surface area contributed by atoms with E-state index in [4.69, 9.17) is 5.73 Å². The third-order valence-corrected chi connectivity index (χ3v) is 2.67. The number of amides is 1. The molecular weight excluding hydrogens is 216 g/mol. The van der Waals surface area contributed by atoms with Crippen LogP contribution >= 0.6 is 12.4 Å². The van der Waals surface area contributed by atoms with Crippen LogP contribution in [0.25, 0.3) is 0 Å². The van der Waals surface area contributed by atoms with Gasteiger partial charge in [0.05, 0.1) is 6.61 Å². The first-order valence-corrected chi connectivity index (χ1v) is 5.17. The summed E-state index contributed by atoms with van der Waals surface area (Å²) < 4.78 is 4.67. The van der Waals surface area contributed by atoms with Gasteiger partial charge in [-0.05, 0) is 45.6 Å². The second kappa shape index (κ2) is 6.18. The zero-order valence-electron chi connectivity index (χ0n) is 9.41. The topological polar surface area (TPSA) is 64.3 Å². The van der Waals surface area contributed by atoms with E-state index in [9.17, 15) is 4.79 Å². The van der Waals surface area contributed by atoms with Crippen molar-refractivity contribution in [3.05, 3.63) is 0 Å². The molecule has 90 valence electrons. The van der Waals surface area contributed by atoms with Crippen molar-refractivity contribution in [1.29, 1.82) is 0 Å². The minimum absolute atomic E-state index is 0. The molecule has 0 aromatic heterocycles. The van der Waals surface area contributed by atoms with E-state index in [0.717, 1.165) is 19.4 Å². The second-order valence-corrected chi connectivity index (χ2v) is 4.64. The lowest BCUT2D eigenvalue weighted by Crippen LogP contribution is -2.31. The Kier molecular flexibility index (Phi) is 5.98. The number of rotatable bonds is 4. The van der Waals surface area contributed by atoms with Crippen LogP contribution in [-0.4, -0.2) is 24.8 Å². The monoisotopic (exact) mass is 236 g/mol. The number of hydrogen-bond donors (Lipinski definition) is 2. The van der Waals surface area contributed by atoms with Gasteiger partial charge in [0, 0.05) is 5.54 Å². The fourth-order valence-corrected chi connectivity index (χ4v) is 2.04. The maximum Gasteiger partial charge on any atom is 0.404 e. The van der Waals surface area contributed by atoms with E-state index in [1.165, 1.54) is 6.42 Å². The summed E-state index contributed by atoms with van der Waals surface area (Å²) in [5, 5.41) is 3.46. The summed E-state index contributed by atoms with van der Waals surface area (Å²) in [5.74, 6) is 0.710. The van der Waals surface area contributed by atoms with Crippen LogP contribution in [0, 0.1) is 5.92 Å². The van der Waals surface area contributed by atoms with E-state index in [1.54, 1.807) is 0 Å². The number of carbonyl (C=O) groups is 1. The summed E-state index contributed by atoms with van der Waals surface area (Å²) in [6, 6.07) is 0. The van der Waals surface area contributed by atoms with Crippen LogP contribution in [0.1, 0.15) is 33.1 Å². The third-order valence-electron chi connectivity index (χ3n) is 2.67. The van der Waals surface area contributed by atoms with Gasteiger partial charge in [-0.25, -0.2) is 4.79 Å². The summed E-state index contributed by atoms with van der Waals surface area (Å²) in [4.78, 5) is 10.3. The van der Waals surface area contributed by atoms with Crippen molar-refractivity contribution < 1.29 is 9.53 Å². The summed E-state index contributed by atoms with van der Waals surface area (Å²) in [7, 11) is 0. The number of halogens is 1. The molecule has 1 heterocycles. The summed E-state index contributed by atoms with van der Waals surface area (Å²) in [6.45, 7) is 5.95. The van der Waals surface area contributed by atoms with Gasteiger partial charge in [-0.1, -0.05) is 0 Å². The van der Waals surface area contributed by atoms with Gasteiger partial charge in [-0.15, -0.1) is 12.4 Å². The Hall–Kier alpha value is -0.480. The number of hydrogen-bond acceptors (Lipinski definition) is 3. The van der Waals surface area contributed by atoms with Crippen LogP contribution in [0.3, 0.4) is 0 Å². The van der Waals surface area contributed by atoms with Crippen molar-refractivity contribution in [3.8, 4) is 0 Å². The molecule has 1 amide bonds. The highest BCUT2D eigenvalue weighted by Crippen LogP contribution is 2.26. The Bertz CT molecular complexity index is 210. The van der Waals surface area contributed by atoms with E-state index in [0.29, 0.717) is 12.5 Å². The lowest BCUT2D eigenvalue weighted by atomic mass is 9.94. The molecule has 1 aliphatic heterocycles. The zero-order chi connectivity index (χ0) is 10.6. The normalized spacial score (nSPS) is 23.2. The van der Waals surface area contributed by atoms with E-state index < -0.39 is 6.09 Å². The second-order valence-electron chi connectivity index (χ2n) is 4.64. The van der Waals surface area contributed by atoms with Crippen LogP contribution in [0.2, 0.25) is 0 Å². The summed E-state index contributed by atoms with van der Waals surface area (Å²) >= 11 is 0. The van der Waals surface area contributed by atoms with Gasteiger partial charge in [0.2, 0.25) is 0 Å². The summed E-state index contributed by atoms with van der Waals surface area (Å²) in [6.07, 6.45) is 2.54. The molecule has 1 rings (SSSR count). The largest absolute Gasteiger partial charge is 0.450 e. The standard InChI is InChI=1S/C10H20N2O2.ClH/c1-10(2)6-8(7-12-10)4-3-5-14-9(11)13;/h8,12H,3-7H2,1-2H3,(H2,11,13);1H/t8-;/m0./s1. The molecule has 0 aromatic rings. The lowest BCUT2D eigenvalue weighted by molar-refractivity contribution is 0.152. The molecular formula is C10H21ClN2O2. The maximum absolute atomic E-state index is 10.3. The molecule has 0 radical (unpaired) electrons. The predicted octanol–water partition coefficient (Wildman–Crippen LogP) is 1.67. The van der Waals surface area contributed by atoms with Crippen LogP contribution in [0.15, 0.2) is 0 Å². The molecule has 5 heteroatoms. The molecule has 0 unspecified atom stereocenters. The van der Waals surface area contributed by atoms with E-state index in [1.807, 2.05) is 0 Å². The molecule has 0 spiro atoms. The maximum atomic E-state index is 10.3. The van der Waals surface area contributed by atoms with Crippen molar-refractivity contribution in [3.63, 3.8) is 0 Å². The highest BCUT2D eigenvalue weighted by atomic mass is 35.5. The van der Waals surface area contributed by atoms with Gasteiger partial charge < -0.3 is 15.8 Å². The van der Waals surface area contributed by atoms with Gasteiger partial charge in [-0.2, -0.15) is 0 Å². The zero-order valence-corrected chi connectivity index (χ0v) is 10.2. The smallest absolute Gasteiger partial charge is 0.404 e. The predicted molar refractivity (Wildman–Crippen MR) is 62.2 cm³/mol. The quantitative estimate of drug-likeness (QED) is 0.730. The van der Waals surface area contributed by atoms with E-state index in [2.05, 4.69) is 23.9 Å². The highest BCUT2D eigenvalue weighted by molar-refractivity contribution is 5.85. The first-order chi connectivity index (χ1) is 6.49.